The SMILES string of the molecule is C[C@@H](O)[C@@H]1NC(=O)[C@H]([C@H](O)Cc2ccc(OCc3ccccc3)cc2)NC(=O)[C@@H]2C[C@@H](O)CN2C(=O)[C@H]([C@@H](C)O)NC(=O)[C@@H](NC(=O)OCc2ccccc2)C[C@@H](OCc2ccccc2)[C@@H](OCc2ccccc2)NC(=O)[C@@H]2[C@@H](OCc3ccccc3)[C@@H](C)CN2C1=O. The second-order valence-corrected chi connectivity index (χ2v) is 23.8. The van der Waals surface area contributed by atoms with Crippen molar-refractivity contribution >= 4 is 41.5 Å². The molecule has 0 aliphatic carbocycles. The van der Waals surface area contributed by atoms with Crippen LogP contribution in [-0.4, -0.2) is 164 Å². The highest BCUT2D eigenvalue weighted by molar-refractivity contribution is 5.98. The number of aliphatic hydroxyl groups excluding tert-OH is 4. The summed E-state index contributed by atoms with van der Waals surface area (Å²) in [7, 11) is 0. The average molecular weight is 1280 g/mol. The fraction of sp³-hybridized carbons (Fsp3) is 0.386. The van der Waals surface area contributed by atoms with Gasteiger partial charge in [0, 0.05) is 38.3 Å². The predicted octanol–water partition coefficient (Wildman–Crippen LogP) is 3.72. The Balaban J connectivity index is 1.13. The maximum absolute atomic E-state index is 15.8. The van der Waals surface area contributed by atoms with E-state index in [9.17, 15) is 34.8 Å². The molecular weight excluding hydrogens is 1190 g/mol. The van der Waals surface area contributed by atoms with Gasteiger partial charge in [-0.1, -0.05) is 171 Å². The second-order valence-electron chi connectivity index (χ2n) is 23.8. The van der Waals surface area contributed by atoms with Gasteiger partial charge in [0.1, 0.15) is 61.3 Å². The molecular formula is C70H81N7O16. The van der Waals surface area contributed by atoms with Crippen LogP contribution in [0, 0.1) is 5.92 Å². The molecule has 93 heavy (non-hydrogen) atoms. The molecule has 23 heteroatoms. The Hall–Kier alpha value is -9.07. The monoisotopic (exact) mass is 1280 g/mol. The quantitative estimate of drug-likeness (QED) is 0.0526. The summed E-state index contributed by atoms with van der Waals surface area (Å²) in [6.45, 7) is 3.22. The molecule has 6 aromatic rings. The molecule has 0 spiro atoms. The van der Waals surface area contributed by atoms with E-state index < -0.39 is 146 Å². The summed E-state index contributed by atoms with van der Waals surface area (Å²) in [4.78, 5) is 108. The van der Waals surface area contributed by atoms with Gasteiger partial charge in [-0.3, -0.25) is 28.8 Å². The third-order valence-electron chi connectivity index (χ3n) is 16.6. The Bertz CT molecular complexity index is 3410. The van der Waals surface area contributed by atoms with Crippen LogP contribution in [0.3, 0.4) is 0 Å². The van der Waals surface area contributed by atoms with E-state index in [0.29, 0.717) is 28.0 Å². The lowest BCUT2D eigenvalue weighted by molar-refractivity contribution is -0.153. The van der Waals surface area contributed by atoms with Gasteiger partial charge in [0.15, 0.2) is 6.23 Å². The molecule has 6 aromatic carbocycles. The molecule has 3 heterocycles. The largest absolute Gasteiger partial charge is 0.489 e. The number of fused-ring (bicyclic) bond motifs is 2. The number of benzene rings is 6. The number of carbonyl (C=O) groups is 7. The number of aliphatic hydroxyl groups is 4. The van der Waals surface area contributed by atoms with Gasteiger partial charge in [-0.15, -0.1) is 0 Å². The lowest BCUT2D eigenvalue weighted by Crippen LogP contribution is -2.64. The summed E-state index contributed by atoms with van der Waals surface area (Å²) in [6.07, 6.45) is -13.0. The van der Waals surface area contributed by atoms with Crippen molar-refractivity contribution in [2.45, 2.75) is 152 Å². The minimum atomic E-state index is -1.95. The number of alkyl carbamates (subject to hydrolysis) is 1. The standard InChI is InChI=1S/C70H81N7O16/c1-43-36-77-61(62(43)91-40-49-23-13-6-14-24-49)66(85)75-67(92-41-50-25-15-7-16-26-50)57(90-39-48-21-11-5-12-22-48)35-54(71-70(88)93-42-51-27-17-8-18-28-51)63(82)72-58(44(2)78)68(86)76-37-52(80)34-55(76)64(83)74-60(65(84)73-59(45(3)79)69(77)87)56(81)33-46-29-31-53(32-30-46)89-38-47-19-9-4-10-20-47/h4-32,43-45,52,54-62,67,78-81H,33-42H2,1-3H3,(H,71,88)(H,72,82)(H,73,84)(H,74,83)(H,75,85)/t43-,44+,45+,52+,54-,55-,56+,57+,58-,59-,60-,61-,62-,67+/m0/s1. The van der Waals surface area contributed by atoms with Crippen molar-refractivity contribution in [1.29, 1.82) is 0 Å². The molecule has 0 bridgehead atoms. The maximum atomic E-state index is 15.8. The van der Waals surface area contributed by atoms with Gasteiger partial charge in [0.2, 0.25) is 35.4 Å². The number of hydrogen-bond acceptors (Lipinski definition) is 16. The zero-order chi connectivity index (χ0) is 66.0. The van der Waals surface area contributed by atoms with Crippen molar-refractivity contribution in [3.8, 4) is 5.75 Å². The van der Waals surface area contributed by atoms with Crippen LogP contribution in [-0.2, 0) is 87.2 Å². The number of rotatable bonds is 20. The van der Waals surface area contributed by atoms with Gasteiger partial charge in [0.25, 0.3) is 0 Å². The Labute approximate surface area is 539 Å². The first-order chi connectivity index (χ1) is 44.9. The highest BCUT2D eigenvalue weighted by Gasteiger charge is 2.51. The fourth-order valence-corrected chi connectivity index (χ4v) is 11.6. The maximum Gasteiger partial charge on any atom is 0.408 e. The van der Waals surface area contributed by atoms with E-state index in [1.54, 1.807) is 122 Å². The van der Waals surface area contributed by atoms with Crippen LogP contribution in [0.1, 0.15) is 67.0 Å². The van der Waals surface area contributed by atoms with E-state index in [1.165, 1.54) is 18.7 Å². The van der Waals surface area contributed by atoms with Crippen molar-refractivity contribution < 1.29 is 77.7 Å². The van der Waals surface area contributed by atoms with E-state index in [2.05, 4.69) is 26.6 Å². The van der Waals surface area contributed by atoms with E-state index >= 15 is 19.2 Å². The first-order valence-electron chi connectivity index (χ1n) is 31.1. The van der Waals surface area contributed by atoms with Crippen LogP contribution in [0.25, 0.3) is 0 Å². The highest BCUT2D eigenvalue weighted by Crippen LogP contribution is 2.31. The van der Waals surface area contributed by atoms with Crippen LogP contribution in [0.15, 0.2) is 176 Å². The number of nitrogens with zero attached hydrogens (tertiary/aromatic N) is 2. The second kappa shape index (κ2) is 33.0. The molecule has 0 saturated carbocycles. The number of hydrogen-bond donors (Lipinski definition) is 9. The summed E-state index contributed by atoms with van der Waals surface area (Å²) in [5.74, 6) is -6.29. The third-order valence-corrected chi connectivity index (χ3v) is 16.6. The van der Waals surface area contributed by atoms with Crippen molar-refractivity contribution in [1.82, 2.24) is 36.4 Å². The summed E-state index contributed by atoms with van der Waals surface area (Å²) in [6, 6.07) is 41.1. The van der Waals surface area contributed by atoms with Crippen LogP contribution in [0.5, 0.6) is 5.75 Å². The number of nitrogens with one attached hydrogen (secondary N) is 5. The number of amides is 7. The third kappa shape index (κ3) is 18.8. The van der Waals surface area contributed by atoms with Gasteiger partial charge in [0.05, 0.1) is 50.3 Å². The van der Waals surface area contributed by atoms with Crippen LogP contribution < -0.4 is 31.3 Å². The molecule has 14 atom stereocenters. The van der Waals surface area contributed by atoms with Gasteiger partial charge in [-0.05, 0) is 59.4 Å². The summed E-state index contributed by atoms with van der Waals surface area (Å²) in [5, 5.41) is 59.8. The molecule has 7 amide bonds. The van der Waals surface area contributed by atoms with Gasteiger partial charge in [-0.2, -0.15) is 0 Å². The number of carbonyl (C=O) groups excluding carboxylic acids is 7. The zero-order valence-electron chi connectivity index (χ0n) is 52.0. The predicted molar refractivity (Wildman–Crippen MR) is 338 cm³/mol. The first-order valence-corrected chi connectivity index (χ1v) is 31.1. The Morgan fingerprint density at radius 3 is 1.53 bits per heavy atom. The van der Waals surface area contributed by atoms with E-state index in [0.717, 1.165) is 16.0 Å². The highest BCUT2D eigenvalue weighted by atomic mass is 16.6. The van der Waals surface area contributed by atoms with Gasteiger partial charge in [-0.25, -0.2) is 4.79 Å². The van der Waals surface area contributed by atoms with Crippen molar-refractivity contribution in [3.63, 3.8) is 0 Å². The summed E-state index contributed by atoms with van der Waals surface area (Å²) < 4.78 is 31.5. The average Bonchev–Trinajstić information content (AvgIpc) is 1.69. The molecule has 3 fully saturated rings. The molecule has 3 aliphatic rings. The Morgan fingerprint density at radius 2 is 0.989 bits per heavy atom. The Kier molecular flexibility index (Phi) is 24.2. The van der Waals surface area contributed by atoms with Gasteiger partial charge >= 0.3 is 6.09 Å². The van der Waals surface area contributed by atoms with E-state index in [4.69, 9.17) is 23.7 Å². The van der Waals surface area contributed by atoms with Crippen LogP contribution in [0.4, 0.5) is 4.79 Å². The van der Waals surface area contributed by atoms with Crippen molar-refractivity contribution in [3.05, 3.63) is 209 Å². The van der Waals surface area contributed by atoms with E-state index in [1.807, 2.05) is 60.7 Å². The molecule has 0 aromatic heterocycles. The van der Waals surface area contributed by atoms with Crippen LogP contribution in [0.2, 0.25) is 0 Å². The fourth-order valence-electron chi connectivity index (χ4n) is 11.6. The van der Waals surface area contributed by atoms with Crippen LogP contribution >= 0.6 is 0 Å². The minimum Gasteiger partial charge on any atom is -0.489 e. The molecule has 9 N–H and O–H groups in total. The number of ether oxygens (including phenoxy) is 5. The molecule has 0 radical (unpaired) electrons. The lowest BCUT2D eigenvalue weighted by atomic mass is 9.99. The van der Waals surface area contributed by atoms with Crippen molar-refractivity contribution in [2.24, 2.45) is 5.92 Å². The summed E-state index contributed by atoms with van der Waals surface area (Å²) >= 11 is 0. The zero-order valence-corrected chi connectivity index (χ0v) is 52.0. The topological polar surface area (TPSA) is 313 Å². The normalized spacial score (nSPS) is 25.2. The molecule has 3 aliphatic heterocycles. The minimum absolute atomic E-state index is 0.0219. The van der Waals surface area contributed by atoms with Gasteiger partial charge < -0.3 is 80.5 Å². The molecule has 492 valence electrons. The molecule has 0 unspecified atom stereocenters. The van der Waals surface area contributed by atoms with Crippen molar-refractivity contribution in [2.75, 3.05) is 13.1 Å². The smallest absolute Gasteiger partial charge is 0.408 e. The molecule has 9 rings (SSSR count). The Morgan fingerprint density at radius 1 is 0.516 bits per heavy atom. The lowest BCUT2D eigenvalue weighted by Gasteiger charge is -2.35. The summed E-state index contributed by atoms with van der Waals surface area (Å²) in [5.41, 5.74) is 4.02. The molecule has 3 saturated heterocycles. The van der Waals surface area contributed by atoms with E-state index in [-0.39, 0.29) is 46.0 Å². The molecule has 23 nitrogen and oxygen atoms in total. The first kappa shape index (κ1) is 68.3.